The van der Waals surface area contributed by atoms with E-state index in [1.165, 1.54) is 24.3 Å². The quantitative estimate of drug-likeness (QED) is 0.309. The summed E-state index contributed by atoms with van der Waals surface area (Å²) < 4.78 is 49.4. The highest BCUT2D eigenvalue weighted by Gasteiger charge is 2.18. The van der Waals surface area contributed by atoms with Crippen molar-refractivity contribution in [2.24, 2.45) is 0 Å². The summed E-state index contributed by atoms with van der Waals surface area (Å²) in [6, 6.07) is 6.78. The summed E-state index contributed by atoms with van der Waals surface area (Å²) >= 11 is 0. The zero-order valence-corrected chi connectivity index (χ0v) is 14.1. The van der Waals surface area contributed by atoms with Crippen molar-refractivity contribution in [3.8, 4) is 5.75 Å². The third-order valence-corrected chi connectivity index (χ3v) is 3.54. The van der Waals surface area contributed by atoms with Crippen LogP contribution in [0.25, 0.3) is 0 Å². The summed E-state index contributed by atoms with van der Waals surface area (Å²) in [6.45, 7) is 2.34. The normalized spacial score (nSPS) is 10.5. The maximum absolute atomic E-state index is 13.5. The number of esters is 2. The number of carbonyl (C=O) groups excluding carboxylic acids is 2. The van der Waals surface area contributed by atoms with Crippen molar-refractivity contribution in [3.63, 3.8) is 0 Å². The van der Waals surface area contributed by atoms with Crippen LogP contribution in [0.5, 0.6) is 5.75 Å². The molecule has 0 saturated heterocycles. The van der Waals surface area contributed by atoms with Crippen LogP contribution in [0.2, 0.25) is 0 Å². The molecule has 0 fully saturated rings. The smallest absolute Gasteiger partial charge is 0.343 e. The number of benzene rings is 2. The van der Waals surface area contributed by atoms with Gasteiger partial charge in [-0.05, 0) is 42.8 Å². The van der Waals surface area contributed by atoms with Crippen molar-refractivity contribution in [1.29, 1.82) is 0 Å². The fourth-order valence-corrected chi connectivity index (χ4v) is 2.09. The summed E-state index contributed by atoms with van der Waals surface area (Å²) in [7, 11) is 0. The Bertz CT molecular complexity index is 788. The summed E-state index contributed by atoms with van der Waals surface area (Å²) in [5.41, 5.74) is 0.258. The molecule has 7 heteroatoms. The summed E-state index contributed by atoms with van der Waals surface area (Å²) in [5, 5.41) is 0. The number of unbranched alkanes of at least 4 members (excludes halogenated alkanes) is 2. The fraction of sp³-hybridized carbons (Fsp3) is 0.263. The summed E-state index contributed by atoms with van der Waals surface area (Å²) in [5.74, 6) is -6.93. The lowest BCUT2D eigenvalue weighted by atomic mass is 10.1. The van der Waals surface area contributed by atoms with Crippen LogP contribution in [0.4, 0.5) is 13.2 Å². The van der Waals surface area contributed by atoms with Crippen LogP contribution in [0.1, 0.15) is 46.9 Å². The molecule has 2 aromatic carbocycles. The van der Waals surface area contributed by atoms with Crippen molar-refractivity contribution < 1.29 is 32.2 Å². The van der Waals surface area contributed by atoms with Crippen LogP contribution >= 0.6 is 0 Å². The monoisotopic (exact) mass is 366 g/mol. The second-order valence-electron chi connectivity index (χ2n) is 5.48. The molecule has 26 heavy (non-hydrogen) atoms. The van der Waals surface area contributed by atoms with Gasteiger partial charge < -0.3 is 9.47 Å². The predicted molar refractivity (Wildman–Crippen MR) is 87.5 cm³/mol. The fourth-order valence-electron chi connectivity index (χ4n) is 2.09. The predicted octanol–water partition coefficient (Wildman–Crippen LogP) is 4.67. The molecule has 2 rings (SSSR count). The Labute approximate surface area is 148 Å². The molecule has 0 saturated carbocycles. The van der Waals surface area contributed by atoms with Crippen molar-refractivity contribution in [2.45, 2.75) is 26.2 Å². The summed E-state index contributed by atoms with van der Waals surface area (Å²) in [6.07, 6.45) is 2.73. The van der Waals surface area contributed by atoms with Gasteiger partial charge in [-0.25, -0.2) is 18.4 Å². The molecule has 0 amide bonds. The molecule has 0 aliphatic carbocycles. The first-order valence-corrected chi connectivity index (χ1v) is 8.07. The Morgan fingerprint density at radius 1 is 0.846 bits per heavy atom. The highest BCUT2D eigenvalue weighted by molar-refractivity contribution is 5.94. The van der Waals surface area contributed by atoms with Crippen LogP contribution in [-0.4, -0.2) is 18.5 Å². The highest BCUT2D eigenvalue weighted by Crippen LogP contribution is 2.23. The maximum atomic E-state index is 13.5. The molecular weight excluding hydrogens is 349 g/mol. The molecule has 138 valence electrons. The van der Waals surface area contributed by atoms with Crippen LogP contribution in [0.3, 0.4) is 0 Å². The lowest BCUT2D eigenvalue weighted by Crippen LogP contribution is -2.11. The van der Waals surface area contributed by atoms with Crippen LogP contribution in [0.15, 0.2) is 36.4 Å². The third kappa shape index (κ3) is 4.84. The van der Waals surface area contributed by atoms with Crippen molar-refractivity contribution in [1.82, 2.24) is 0 Å². The third-order valence-electron chi connectivity index (χ3n) is 3.54. The van der Waals surface area contributed by atoms with E-state index < -0.39 is 35.1 Å². The van der Waals surface area contributed by atoms with E-state index in [2.05, 4.69) is 0 Å². The Kier molecular flexibility index (Phi) is 6.77. The molecule has 0 aliphatic rings. The van der Waals surface area contributed by atoms with E-state index in [4.69, 9.17) is 9.47 Å². The molecule has 0 N–H and O–H groups in total. The van der Waals surface area contributed by atoms with Gasteiger partial charge >= 0.3 is 11.9 Å². The van der Waals surface area contributed by atoms with E-state index in [9.17, 15) is 22.8 Å². The van der Waals surface area contributed by atoms with Gasteiger partial charge in [-0.1, -0.05) is 19.8 Å². The van der Waals surface area contributed by atoms with Gasteiger partial charge in [0.15, 0.2) is 17.4 Å². The van der Waals surface area contributed by atoms with Crippen molar-refractivity contribution in [3.05, 3.63) is 65.0 Å². The number of halogens is 3. The Hall–Kier alpha value is -2.83. The average molecular weight is 366 g/mol. The van der Waals surface area contributed by atoms with E-state index in [1.807, 2.05) is 6.92 Å². The van der Waals surface area contributed by atoms with E-state index in [1.54, 1.807) is 0 Å². The second kappa shape index (κ2) is 9.03. The minimum atomic E-state index is -1.73. The zero-order chi connectivity index (χ0) is 19.1. The number of carbonyl (C=O) groups is 2. The van der Waals surface area contributed by atoms with Gasteiger partial charge in [0.2, 0.25) is 5.82 Å². The Morgan fingerprint density at radius 2 is 1.46 bits per heavy atom. The van der Waals surface area contributed by atoms with E-state index >= 15 is 0 Å². The van der Waals surface area contributed by atoms with Gasteiger partial charge in [0, 0.05) is 0 Å². The molecule has 4 nitrogen and oxygen atoms in total. The molecule has 0 heterocycles. The zero-order valence-electron chi connectivity index (χ0n) is 14.1. The van der Waals surface area contributed by atoms with Crippen LogP contribution in [0, 0.1) is 17.5 Å². The van der Waals surface area contributed by atoms with Crippen molar-refractivity contribution in [2.75, 3.05) is 6.61 Å². The Morgan fingerprint density at radius 3 is 2.08 bits per heavy atom. The first-order valence-electron chi connectivity index (χ1n) is 8.07. The number of ether oxygens (including phenoxy) is 2. The second-order valence-corrected chi connectivity index (χ2v) is 5.48. The van der Waals surface area contributed by atoms with Crippen LogP contribution < -0.4 is 4.74 Å². The Balaban J connectivity index is 2.00. The first kappa shape index (κ1) is 19.5. The lowest BCUT2D eigenvalue weighted by molar-refractivity contribution is 0.0497. The molecule has 0 aromatic heterocycles. The first-order chi connectivity index (χ1) is 12.4. The standard InChI is InChI=1S/C19H17F3O4/c1-2-3-4-11-25-18(23)12-5-7-13(8-6-12)19(24)26-15-10-9-14(20)16(21)17(15)22/h5-10H,2-4,11H2,1H3. The van der Waals surface area contributed by atoms with Crippen molar-refractivity contribution >= 4 is 11.9 Å². The highest BCUT2D eigenvalue weighted by atomic mass is 19.2. The van der Waals surface area contributed by atoms with Crippen LogP contribution in [-0.2, 0) is 4.74 Å². The van der Waals surface area contributed by atoms with Gasteiger partial charge in [-0.15, -0.1) is 0 Å². The van der Waals surface area contributed by atoms with Gasteiger partial charge in [-0.3, -0.25) is 0 Å². The molecular formula is C19H17F3O4. The van der Waals surface area contributed by atoms with E-state index in [-0.39, 0.29) is 11.1 Å². The van der Waals surface area contributed by atoms with E-state index in [0.29, 0.717) is 12.7 Å². The SMILES string of the molecule is CCCCCOC(=O)c1ccc(C(=O)Oc2ccc(F)c(F)c2F)cc1. The number of hydrogen-bond donors (Lipinski definition) is 0. The molecule has 0 radical (unpaired) electrons. The van der Waals surface area contributed by atoms with Gasteiger partial charge in [0.05, 0.1) is 17.7 Å². The number of rotatable bonds is 7. The summed E-state index contributed by atoms with van der Waals surface area (Å²) in [4.78, 5) is 23.8. The lowest BCUT2D eigenvalue weighted by Gasteiger charge is -2.07. The largest absolute Gasteiger partial charge is 0.462 e. The molecule has 0 aliphatic heterocycles. The minimum Gasteiger partial charge on any atom is -0.462 e. The molecule has 2 aromatic rings. The molecule has 0 bridgehead atoms. The molecule has 0 atom stereocenters. The molecule has 0 spiro atoms. The molecule has 0 unspecified atom stereocenters. The maximum Gasteiger partial charge on any atom is 0.343 e. The van der Waals surface area contributed by atoms with Gasteiger partial charge in [0.1, 0.15) is 0 Å². The topological polar surface area (TPSA) is 52.6 Å². The average Bonchev–Trinajstić information content (AvgIpc) is 2.65. The number of hydrogen-bond acceptors (Lipinski definition) is 4. The van der Waals surface area contributed by atoms with E-state index in [0.717, 1.165) is 25.3 Å². The van der Waals surface area contributed by atoms with Gasteiger partial charge in [0.25, 0.3) is 0 Å². The van der Waals surface area contributed by atoms with Gasteiger partial charge in [-0.2, -0.15) is 4.39 Å². The minimum absolute atomic E-state index is 0.0108.